The van der Waals surface area contributed by atoms with Crippen molar-refractivity contribution in [3.05, 3.63) is 34.7 Å². The number of methoxy groups -OCH3 is 2. The number of aldehydes is 1. The molecule has 18 heavy (non-hydrogen) atoms. The summed E-state index contributed by atoms with van der Waals surface area (Å²) in [5.41, 5.74) is 1.48. The number of benzene rings is 1. The van der Waals surface area contributed by atoms with Gasteiger partial charge in [0.2, 0.25) is 0 Å². The first-order chi connectivity index (χ1) is 8.69. The maximum absolute atomic E-state index is 11.2. The highest BCUT2D eigenvalue weighted by Gasteiger charge is 2.13. The van der Waals surface area contributed by atoms with Gasteiger partial charge in [0, 0.05) is 20.9 Å². The highest BCUT2D eigenvalue weighted by molar-refractivity contribution is 7.15. The third-order valence-corrected chi connectivity index (χ3v) is 3.72. The van der Waals surface area contributed by atoms with Gasteiger partial charge in [0.25, 0.3) is 0 Å². The lowest BCUT2D eigenvalue weighted by Crippen LogP contribution is -1.94. The maximum atomic E-state index is 11.2. The average molecular weight is 262 g/mol. The van der Waals surface area contributed by atoms with Crippen LogP contribution in [0, 0.1) is 6.92 Å². The number of ether oxygens (including phenoxy) is 2. The van der Waals surface area contributed by atoms with Crippen LogP contribution < -0.4 is 9.47 Å². The molecular weight excluding hydrogens is 248 g/mol. The molecule has 0 aliphatic carbocycles. The number of hydrogen-bond donors (Lipinski definition) is 0. The molecule has 3 nitrogen and oxygen atoms in total. The minimum Gasteiger partial charge on any atom is -0.493 e. The second-order valence-electron chi connectivity index (χ2n) is 3.82. The van der Waals surface area contributed by atoms with Crippen molar-refractivity contribution < 1.29 is 14.3 Å². The summed E-state index contributed by atoms with van der Waals surface area (Å²) in [6.07, 6.45) is 0.840. The van der Waals surface area contributed by atoms with Gasteiger partial charge >= 0.3 is 0 Å². The molecule has 0 radical (unpaired) electrons. The predicted octanol–water partition coefficient (Wildman–Crippen LogP) is 3.55. The van der Waals surface area contributed by atoms with Crippen molar-refractivity contribution in [2.75, 3.05) is 14.2 Å². The monoisotopic (exact) mass is 262 g/mol. The Bertz CT molecular complexity index is 572. The first-order valence-electron chi connectivity index (χ1n) is 5.47. The van der Waals surface area contributed by atoms with E-state index in [0.29, 0.717) is 17.1 Å². The Morgan fingerprint density at radius 2 is 1.78 bits per heavy atom. The first kappa shape index (κ1) is 12.6. The summed E-state index contributed by atoms with van der Waals surface area (Å²) >= 11 is 1.65. The van der Waals surface area contributed by atoms with Gasteiger partial charge in [-0.05, 0) is 31.2 Å². The van der Waals surface area contributed by atoms with E-state index in [2.05, 4.69) is 0 Å². The van der Waals surface area contributed by atoms with Gasteiger partial charge in [0.05, 0.1) is 14.2 Å². The van der Waals surface area contributed by atoms with Crippen LogP contribution in [-0.2, 0) is 0 Å². The molecule has 1 aromatic carbocycles. The van der Waals surface area contributed by atoms with Gasteiger partial charge in [-0.1, -0.05) is 0 Å². The standard InChI is InChI=1S/C14H14O3S/c1-9-4-5-14(18-9)11-7-13(17-3)12(16-2)6-10(11)8-15/h4-8H,1-3H3. The minimum atomic E-state index is 0.566. The number of thiophene rings is 1. The summed E-state index contributed by atoms with van der Waals surface area (Å²) in [7, 11) is 3.14. The lowest BCUT2D eigenvalue weighted by molar-refractivity contribution is 0.112. The maximum Gasteiger partial charge on any atom is 0.161 e. The van der Waals surface area contributed by atoms with Gasteiger partial charge in [0.1, 0.15) is 0 Å². The fourth-order valence-electron chi connectivity index (χ4n) is 1.78. The molecule has 0 saturated carbocycles. The highest BCUT2D eigenvalue weighted by atomic mass is 32.1. The number of carbonyl (C=O) groups is 1. The molecular formula is C14H14O3S. The first-order valence-corrected chi connectivity index (χ1v) is 6.29. The van der Waals surface area contributed by atoms with Crippen LogP contribution in [-0.4, -0.2) is 20.5 Å². The van der Waals surface area contributed by atoms with Gasteiger partial charge < -0.3 is 9.47 Å². The van der Waals surface area contributed by atoms with Crippen LogP contribution in [0.3, 0.4) is 0 Å². The Morgan fingerprint density at radius 3 is 2.28 bits per heavy atom. The predicted molar refractivity (Wildman–Crippen MR) is 73.0 cm³/mol. The van der Waals surface area contributed by atoms with Gasteiger partial charge in [-0.25, -0.2) is 0 Å². The molecule has 0 unspecified atom stereocenters. The Hall–Kier alpha value is -1.81. The summed E-state index contributed by atoms with van der Waals surface area (Å²) < 4.78 is 10.5. The summed E-state index contributed by atoms with van der Waals surface area (Å²) in [6, 6.07) is 7.59. The minimum absolute atomic E-state index is 0.566. The summed E-state index contributed by atoms with van der Waals surface area (Å²) in [6.45, 7) is 2.04. The molecule has 0 aliphatic rings. The van der Waals surface area contributed by atoms with Crippen molar-refractivity contribution in [3.8, 4) is 21.9 Å². The van der Waals surface area contributed by atoms with Gasteiger partial charge in [-0.3, -0.25) is 4.79 Å². The van der Waals surface area contributed by atoms with Gasteiger partial charge in [-0.15, -0.1) is 11.3 Å². The Kier molecular flexibility index (Phi) is 3.67. The molecule has 1 aromatic heterocycles. The molecule has 0 saturated heterocycles. The zero-order valence-electron chi connectivity index (χ0n) is 10.5. The second-order valence-corrected chi connectivity index (χ2v) is 5.11. The van der Waals surface area contributed by atoms with Crippen LogP contribution in [0.15, 0.2) is 24.3 Å². The Labute approximate surface area is 110 Å². The molecule has 0 fully saturated rings. The van der Waals surface area contributed by atoms with Crippen molar-refractivity contribution in [2.24, 2.45) is 0 Å². The van der Waals surface area contributed by atoms with E-state index >= 15 is 0 Å². The van der Waals surface area contributed by atoms with Crippen LogP contribution in [0.5, 0.6) is 11.5 Å². The summed E-state index contributed by atoms with van der Waals surface area (Å²) in [5.74, 6) is 1.20. The molecule has 2 rings (SSSR count). The number of hydrogen-bond acceptors (Lipinski definition) is 4. The molecule has 4 heteroatoms. The Balaban J connectivity index is 2.62. The topological polar surface area (TPSA) is 35.5 Å². The SMILES string of the molecule is COc1cc(C=O)c(-c2ccc(C)s2)cc1OC. The van der Waals surface area contributed by atoms with Crippen molar-refractivity contribution in [1.29, 1.82) is 0 Å². The quantitative estimate of drug-likeness (QED) is 0.790. The third-order valence-electron chi connectivity index (χ3n) is 2.69. The fourth-order valence-corrected chi connectivity index (χ4v) is 2.69. The van der Waals surface area contributed by atoms with E-state index in [9.17, 15) is 4.79 Å². The van der Waals surface area contributed by atoms with E-state index in [1.165, 1.54) is 4.88 Å². The van der Waals surface area contributed by atoms with E-state index in [0.717, 1.165) is 16.7 Å². The molecule has 0 N–H and O–H groups in total. The van der Waals surface area contributed by atoms with Gasteiger partial charge in [-0.2, -0.15) is 0 Å². The van der Waals surface area contributed by atoms with Gasteiger partial charge in [0.15, 0.2) is 17.8 Å². The van der Waals surface area contributed by atoms with Crippen LogP contribution in [0.1, 0.15) is 15.2 Å². The molecule has 94 valence electrons. The van der Waals surface area contributed by atoms with Crippen LogP contribution in [0.2, 0.25) is 0 Å². The lowest BCUT2D eigenvalue weighted by Gasteiger charge is -2.11. The molecule has 1 heterocycles. The zero-order chi connectivity index (χ0) is 13.1. The van der Waals surface area contributed by atoms with Crippen LogP contribution >= 0.6 is 11.3 Å². The van der Waals surface area contributed by atoms with E-state index in [1.807, 2.05) is 25.1 Å². The number of carbonyl (C=O) groups excluding carboxylic acids is 1. The Morgan fingerprint density at radius 1 is 1.11 bits per heavy atom. The number of aryl methyl sites for hydroxylation is 1. The molecule has 2 aromatic rings. The molecule has 0 amide bonds. The molecule has 0 aliphatic heterocycles. The smallest absolute Gasteiger partial charge is 0.161 e. The van der Waals surface area contributed by atoms with E-state index < -0.39 is 0 Å². The highest BCUT2D eigenvalue weighted by Crippen LogP contribution is 2.37. The van der Waals surface area contributed by atoms with Crippen LogP contribution in [0.25, 0.3) is 10.4 Å². The second kappa shape index (κ2) is 5.23. The summed E-state index contributed by atoms with van der Waals surface area (Å²) in [4.78, 5) is 13.4. The zero-order valence-corrected chi connectivity index (χ0v) is 11.3. The average Bonchev–Trinajstić information content (AvgIpc) is 2.83. The largest absolute Gasteiger partial charge is 0.493 e. The fraction of sp³-hybridized carbons (Fsp3) is 0.214. The van der Waals surface area contributed by atoms with E-state index in [4.69, 9.17) is 9.47 Å². The van der Waals surface area contributed by atoms with E-state index in [1.54, 1.807) is 31.6 Å². The number of rotatable bonds is 4. The lowest BCUT2D eigenvalue weighted by atomic mass is 10.1. The third kappa shape index (κ3) is 2.24. The van der Waals surface area contributed by atoms with Crippen molar-refractivity contribution in [2.45, 2.75) is 6.92 Å². The van der Waals surface area contributed by atoms with Crippen molar-refractivity contribution >= 4 is 17.6 Å². The van der Waals surface area contributed by atoms with Crippen molar-refractivity contribution in [3.63, 3.8) is 0 Å². The van der Waals surface area contributed by atoms with Crippen molar-refractivity contribution in [1.82, 2.24) is 0 Å². The summed E-state index contributed by atoms with van der Waals surface area (Å²) in [5, 5.41) is 0. The molecule has 0 atom stereocenters. The molecule has 0 bridgehead atoms. The normalized spacial score (nSPS) is 10.2. The van der Waals surface area contributed by atoms with E-state index in [-0.39, 0.29) is 0 Å². The molecule has 0 spiro atoms. The van der Waals surface area contributed by atoms with Crippen LogP contribution in [0.4, 0.5) is 0 Å².